The van der Waals surface area contributed by atoms with Crippen molar-refractivity contribution in [2.45, 2.75) is 24.7 Å². The first-order valence-electron chi connectivity index (χ1n) is 6.65. The van der Waals surface area contributed by atoms with Crippen LogP contribution >= 0.6 is 0 Å². The first-order valence-corrected chi connectivity index (χ1v) is 8.09. The van der Waals surface area contributed by atoms with Crippen LogP contribution in [0, 0.1) is 0 Å². The fourth-order valence-electron chi connectivity index (χ4n) is 1.98. The molecule has 0 aliphatic carbocycles. The second-order valence-electron chi connectivity index (χ2n) is 4.48. The van der Waals surface area contributed by atoms with Crippen LogP contribution in [0.1, 0.15) is 19.8 Å². The van der Waals surface area contributed by atoms with E-state index in [9.17, 15) is 8.42 Å². The number of sulfonamides is 1. The number of anilines is 1. The van der Waals surface area contributed by atoms with E-state index in [4.69, 9.17) is 0 Å². The van der Waals surface area contributed by atoms with Gasteiger partial charge < -0.3 is 5.32 Å². The lowest BCUT2D eigenvalue weighted by Gasteiger charge is -2.31. The van der Waals surface area contributed by atoms with Crippen molar-refractivity contribution >= 4 is 21.7 Å². The Bertz CT molecular complexity index is 623. The van der Waals surface area contributed by atoms with Gasteiger partial charge in [-0.05, 0) is 25.0 Å². The maximum atomic E-state index is 12.7. The summed E-state index contributed by atoms with van der Waals surface area (Å²) < 4.78 is 26.6. The lowest BCUT2D eigenvalue weighted by Crippen LogP contribution is -2.45. The number of para-hydroxylation sites is 1. The van der Waals surface area contributed by atoms with E-state index in [-0.39, 0.29) is 0 Å². The fraction of sp³-hybridized carbons (Fsp3) is 0.357. The monoisotopic (exact) mass is 293 g/mol. The highest BCUT2D eigenvalue weighted by molar-refractivity contribution is 7.90. The number of aliphatic imine (C=N–C) groups is 1. The predicted molar refractivity (Wildman–Crippen MR) is 81.4 cm³/mol. The van der Waals surface area contributed by atoms with Crippen LogP contribution < -0.4 is 5.32 Å². The number of hydrogen-bond donors (Lipinski definition) is 1. The Labute approximate surface area is 120 Å². The molecule has 0 amide bonds. The first kappa shape index (κ1) is 14.6. The fourth-order valence-corrected chi connectivity index (χ4v) is 3.54. The van der Waals surface area contributed by atoms with Crippen LogP contribution in [0.15, 0.2) is 46.8 Å². The highest BCUT2D eigenvalue weighted by Gasteiger charge is 2.34. The van der Waals surface area contributed by atoms with Crippen LogP contribution in [0.5, 0.6) is 0 Å². The zero-order valence-electron chi connectivity index (χ0n) is 11.5. The molecular weight excluding hydrogens is 274 g/mol. The number of benzene rings is 1. The molecule has 108 valence electrons. The predicted octanol–water partition coefficient (Wildman–Crippen LogP) is 2.44. The second kappa shape index (κ2) is 6.09. The molecule has 5 nitrogen and oxygen atoms in total. The minimum absolute atomic E-state index is 0.291. The van der Waals surface area contributed by atoms with E-state index in [0.29, 0.717) is 36.1 Å². The molecule has 0 saturated carbocycles. The SMILES string of the molecule is C=CCCN1C(=NCCC)Nc2ccccc2S1(=O)=O. The lowest BCUT2D eigenvalue weighted by atomic mass is 10.3. The molecule has 0 atom stereocenters. The molecular formula is C14H19N3O2S. The Morgan fingerprint density at radius 3 is 2.85 bits per heavy atom. The van der Waals surface area contributed by atoms with Gasteiger partial charge in [-0.2, -0.15) is 0 Å². The normalized spacial score (nSPS) is 18.4. The molecule has 1 heterocycles. The van der Waals surface area contributed by atoms with E-state index in [1.54, 1.807) is 30.3 Å². The van der Waals surface area contributed by atoms with Gasteiger partial charge in [0.05, 0.1) is 5.69 Å². The molecule has 0 aromatic heterocycles. The van der Waals surface area contributed by atoms with Crippen LogP contribution in [0.3, 0.4) is 0 Å². The summed E-state index contributed by atoms with van der Waals surface area (Å²) in [5.41, 5.74) is 0.581. The lowest BCUT2D eigenvalue weighted by molar-refractivity contribution is 0.518. The van der Waals surface area contributed by atoms with Gasteiger partial charge in [0, 0.05) is 13.1 Å². The van der Waals surface area contributed by atoms with Gasteiger partial charge in [0.15, 0.2) is 0 Å². The topological polar surface area (TPSA) is 61.8 Å². The summed E-state index contributed by atoms with van der Waals surface area (Å²) in [4.78, 5) is 4.64. The van der Waals surface area contributed by atoms with Crippen LogP contribution in [0.25, 0.3) is 0 Å². The molecule has 1 aromatic carbocycles. The van der Waals surface area contributed by atoms with E-state index in [2.05, 4.69) is 16.9 Å². The summed E-state index contributed by atoms with van der Waals surface area (Å²) in [6, 6.07) is 6.88. The van der Waals surface area contributed by atoms with Crippen LogP contribution in [-0.2, 0) is 10.0 Å². The minimum Gasteiger partial charge on any atom is -0.324 e. The molecule has 0 fully saturated rings. The number of rotatable bonds is 5. The molecule has 0 unspecified atom stereocenters. The summed E-state index contributed by atoms with van der Waals surface area (Å²) in [6.45, 7) is 6.58. The summed E-state index contributed by atoms with van der Waals surface area (Å²) >= 11 is 0. The molecule has 1 aliphatic rings. The molecule has 6 heteroatoms. The minimum atomic E-state index is -3.54. The molecule has 0 bridgehead atoms. The largest absolute Gasteiger partial charge is 0.324 e. The maximum Gasteiger partial charge on any atom is 0.268 e. The molecule has 20 heavy (non-hydrogen) atoms. The van der Waals surface area contributed by atoms with Gasteiger partial charge in [-0.1, -0.05) is 25.1 Å². The Morgan fingerprint density at radius 1 is 1.40 bits per heavy atom. The Morgan fingerprint density at radius 2 is 2.15 bits per heavy atom. The van der Waals surface area contributed by atoms with Gasteiger partial charge in [-0.15, -0.1) is 6.58 Å². The number of guanidine groups is 1. The van der Waals surface area contributed by atoms with Crippen molar-refractivity contribution in [2.24, 2.45) is 4.99 Å². The van der Waals surface area contributed by atoms with Gasteiger partial charge in [0.1, 0.15) is 4.90 Å². The molecule has 1 aromatic rings. The number of nitrogens with one attached hydrogen (secondary N) is 1. The van der Waals surface area contributed by atoms with E-state index in [0.717, 1.165) is 6.42 Å². The average molecular weight is 293 g/mol. The van der Waals surface area contributed by atoms with Gasteiger partial charge in [0.25, 0.3) is 10.0 Å². The first-order chi connectivity index (χ1) is 9.61. The van der Waals surface area contributed by atoms with Crippen molar-refractivity contribution in [3.8, 4) is 0 Å². The Balaban J connectivity index is 2.47. The maximum absolute atomic E-state index is 12.7. The average Bonchev–Trinajstić information content (AvgIpc) is 2.44. The van der Waals surface area contributed by atoms with Crippen molar-refractivity contribution in [2.75, 3.05) is 18.4 Å². The second-order valence-corrected chi connectivity index (χ2v) is 6.31. The van der Waals surface area contributed by atoms with Crippen molar-refractivity contribution < 1.29 is 8.42 Å². The van der Waals surface area contributed by atoms with Crippen molar-refractivity contribution in [1.82, 2.24) is 4.31 Å². The highest BCUT2D eigenvalue weighted by Crippen LogP contribution is 2.29. The van der Waals surface area contributed by atoms with E-state index in [1.807, 2.05) is 6.92 Å². The Hall–Kier alpha value is -1.82. The zero-order chi connectivity index (χ0) is 14.6. The highest BCUT2D eigenvalue weighted by atomic mass is 32.2. The van der Waals surface area contributed by atoms with Crippen LogP contribution in [0.2, 0.25) is 0 Å². The summed E-state index contributed by atoms with van der Waals surface area (Å²) in [6.07, 6.45) is 3.14. The van der Waals surface area contributed by atoms with Gasteiger partial charge >= 0.3 is 0 Å². The Kier molecular flexibility index (Phi) is 4.44. The van der Waals surface area contributed by atoms with Gasteiger partial charge in [0.2, 0.25) is 5.96 Å². The third-order valence-corrected chi connectivity index (χ3v) is 4.81. The zero-order valence-corrected chi connectivity index (χ0v) is 12.4. The number of fused-ring (bicyclic) bond motifs is 1. The third-order valence-electron chi connectivity index (χ3n) is 2.96. The van der Waals surface area contributed by atoms with E-state index in [1.165, 1.54) is 4.31 Å². The van der Waals surface area contributed by atoms with E-state index < -0.39 is 10.0 Å². The molecule has 2 rings (SSSR count). The molecule has 1 aliphatic heterocycles. The number of hydrogen-bond acceptors (Lipinski definition) is 3. The van der Waals surface area contributed by atoms with Crippen molar-refractivity contribution in [3.05, 3.63) is 36.9 Å². The molecule has 0 spiro atoms. The van der Waals surface area contributed by atoms with E-state index >= 15 is 0 Å². The van der Waals surface area contributed by atoms with Crippen LogP contribution in [-0.4, -0.2) is 31.8 Å². The molecule has 1 N–H and O–H groups in total. The molecule has 0 saturated heterocycles. The number of nitrogens with zero attached hydrogens (tertiary/aromatic N) is 2. The smallest absolute Gasteiger partial charge is 0.268 e. The van der Waals surface area contributed by atoms with Crippen molar-refractivity contribution in [1.29, 1.82) is 0 Å². The summed E-state index contributed by atoms with van der Waals surface area (Å²) in [5.74, 6) is 0.396. The van der Waals surface area contributed by atoms with Gasteiger partial charge in [-0.3, -0.25) is 4.99 Å². The third kappa shape index (κ3) is 2.70. The summed E-state index contributed by atoms with van der Waals surface area (Å²) in [7, 11) is -3.54. The molecule has 0 radical (unpaired) electrons. The summed E-state index contributed by atoms with van der Waals surface area (Å²) in [5, 5.41) is 3.11. The van der Waals surface area contributed by atoms with Gasteiger partial charge in [-0.25, -0.2) is 12.7 Å². The standard InChI is InChI=1S/C14H19N3O2S/c1-3-5-11-17-14(15-10-4-2)16-12-8-6-7-9-13(12)20(17,18)19/h3,6-9H,1,4-5,10-11H2,2H3,(H,15,16). The van der Waals surface area contributed by atoms with Crippen LogP contribution in [0.4, 0.5) is 5.69 Å². The quantitative estimate of drug-likeness (QED) is 0.848. The van der Waals surface area contributed by atoms with Crippen molar-refractivity contribution in [3.63, 3.8) is 0 Å².